The van der Waals surface area contributed by atoms with Crippen molar-refractivity contribution in [1.82, 2.24) is 20.0 Å². The molecule has 2 heterocycles. The van der Waals surface area contributed by atoms with Crippen LogP contribution in [0.4, 0.5) is 5.82 Å². The fourth-order valence-electron chi connectivity index (χ4n) is 1.22. The van der Waals surface area contributed by atoms with Crippen LogP contribution in [0.25, 0.3) is 5.82 Å². The second kappa shape index (κ2) is 3.51. The minimum absolute atomic E-state index is 0.345. The van der Waals surface area contributed by atoms with Gasteiger partial charge in [-0.3, -0.25) is 0 Å². The minimum atomic E-state index is 0.345. The topological polar surface area (TPSA) is 69.6 Å². The number of anilines is 1. The van der Waals surface area contributed by atoms with Crippen LogP contribution in [-0.2, 0) is 0 Å². The average molecular weight is 224 g/mol. The highest BCUT2D eigenvalue weighted by Crippen LogP contribution is 2.18. The fourth-order valence-corrected chi connectivity index (χ4v) is 1.32. The van der Waals surface area contributed by atoms with Crippen LogP contribution in [0.3, 0.4) is 0 Å². The highest BCUT2D eigenvalue weighted by molar-refractivity contribution is 6.29. The Hall–Kier alpha value is -1.62. The predicted octanol–water partition coefficient (Wildman–Crippen LogP) is 1.51. The van der Waals surface area contributed by atoms with Gasteiger partial charge in [-0.15, -0.1) is 10.2 Å². The summed E-state index contributed by atoms with van der Waals surface area (Å²) in [6, 6.07) is 3.37. The van der Waals surface area contributed by atoms with Crippen molar-refractivity contribution < 1.29 is 0 Å². The molecule has 2 N–H and O–H groups in total. The van der Waals surface area contributed by atoms with Crippen LogP contribution in [0.5, 0.6) is 0 Å². The van der Waals surface area contributed by atoms with Crippen LogP contribution in [0.15, 0.2) is 12.1 Å². The van der Waals surface area contributed by atoms with Gasteiger partial charge in [0.2, 0.25) is 0 Å². The first-order valence-corrected chi connectivity index (χ1v) is 4.78. The molecule has 0 saturated heterocycles. The first kappa shape index (κ1) is 9.92. The molecule has 0 spiro atoms. The van der Waals surface area contributed by atoms with Crippen LogP contribution in [0.1, 0.15) is 11.3 Å². The van der Waals surface area contributed by atoms with Gasteiger partial charge in [0, 0.05) is 5.56 Å². The van der Waals surface area contributed by atoms with Crippen molar-refractivity contribution in [1.29, 1.82) is 0 Å². The molecule has 2 aromatic heterocycles. The number of hydrogen-bond acceptors (Lipinski definition) is 4. The SMILES string of the molecule is Cc1nn(-c2ccc(Cl)nn2)c(N)c1C. The van der Waals surface area contributed by atoms with E-state index in [1.54, 1.807) is 16.8 Å². The minimum Gasteiger partial charge on any atom is -0.383 e. The molecule has 0 bridgehead atoms. The maximum Gasteiger partial charge on any atom is 0.178 e. The summed E-state index contributed by atoms with van der Waals surface area (Å²) in [5.41, 5.74) is 7.70. The van der Waals surface area contributed by atoms with Crippen LogP contribution in [-0.4, -0.2) is 20.0 Å². The highest BCUT2D eigenvalue weighted by Gasteiger charge is 2.10. The molecule has 0 unspecified atom stereocenters. The number of halogens is 1. The van der Waals surface area contributed by atoms with Gasteiger partial charge in [-0.1, -0.05) is 11.6 Å². The first-order valence-electron chi connectivity index (χ1n) is 4.41. The van der Waals surface area contributed by atoms with Crippen molar-refractivity contribution >= 4 is 17.4 Å². The summed E-state index contributed by atoms with van der Waals surface area (Å²) >= 11 is 5.64. The van der Waals surface area contributed by atoms with Crippen molar-refractivity contribution in [3.05, 3.63) is 28.5 Å². The summed E-state index contributed by atoms with van der Waals surface area (Å²) in [6.07, 6.45) is 0. The van der Waals surface area contributed by atoms with Crippen LogP contribution >= 0.6 is 11.6 Å². The van der Waals surface area contributed by atoms with E-state index in [-0.39, 0.29) is 0 Å². The van der Waals surface area contributed by atoms with Crippen LogP contribution in [0.2, 0.25) is 5.15 Å². The summed E-state index contributed by atoms with van der Waals surface area (Å²) in [4.78, 5) is 0. The predicted molar refractivity (Wildman–Crippen MR) is 58.1 cm³/mol. The molecule has 0 aliphatic carbocycles. The quantitative estimate of drug-likeness (QED) is 0.796. The van der Waals surface area contributed by atoms with Gasteiger partial charge in [0.1, 0.15) is 5.82 Å². The van der Waals surface area contributed by atoms with Gasteiger partial charge in [-0.05, 0) is 26.0 Å². The lowest BCUT2D eigenvalue weighted by atomic mass is 10.3. The summed E-state index contributed by atoms with van der Waals surface area (Å²) in [5, 5.41) is 12.2. The third-order valence-corrected chi connectivity index (χ3v) is 2.44. The molecule has 5 nitrogen and oxygen atoms in total. The summed E-state index contributed by atoms with van der Waals surface area (Å²) in [6.45, 7) is 3.81. The Bertz CT molecular complexity index is 488. The van der Waals surface area contributed by atoms with Crippen molar-refractivity contribution in [2.24, 2.45) is 0 Å². The molecular formula is C9H10ClN5. The third-order valence-electron chi connectivity index (χ3n) is 2.24. The van der Waals surface area contributed by atoms with Crippen molar-refractivity contribution in [3.8, 4) is 5.82 Å². The van der Waals surface area contributed by atoms with E-state index in [2.05, 4.69) is 15.3 Å². The molecular weight excluding hydrogens is 214 g/mol. The third kappa shape index (κ3) is 1.66. The van der Waals surface area contributed by atoms with Gasteiger partial charge >= 0.3 is 0 Å². The van der Waals surface area contributed by atoms with Gasteiger partial charge in [0.05, 0.1) is 5.69 Å². The van der Waals surface area contributed by atoms with E-state index in [4.69, 9.17) is 17.3 Å². The van der Waals surface area contributed by atoms with E-state index < -0.39 is 0 Å². The van der Waals surface area contributed by atoms with Crippen LogP contribution < -0.4 is 5.73 Å². The van der Waals surface area contributed by atoms with E-state index in [9.17, 15) is 0 Å². The first-order chi connectivity index (χ1) is 7.09. The van der Waals surface area contributed by atoms with Crippen molar-refractivity contribution in [2.75, 3.05) is 5.73 Å². The number of nitrogens with zero attached hydrogens (tertiary/aromatic N) is 4. The number of hydrogen-bond donors (Lipinski definition) is 1. The van der Waals surface area contributed by atoms with Gasteiger partial charge in [-0.2, -0.15) is 9.78 Å². The summed E-state index contributed by atoms with van der Waals surface area (Å²) in [5.74, 6) is 1.14. The van der Waals surface area contributed by atoms with E-state index in [0.717, 1.165) is 11.3 Å². The number of rotatable bonds is 1. The smallest absolute Gasteiger partial charge is 0.178 e. The Labute approximate surface area is 91.9 Å². The number of nitrogen functional groups attached to an aromatic ring is 1. The second-order valence-corrected chi connectivity index (χ2v) is 3.61. The van der Waals surface area contributed by atoms with E-state index in [1.165, 1.54) is 0 Å². The molecule has 6 heteroatoms. The average Bonchev–Trinajstić information content (AvgIpc) is 2.47. The fraction of sp³-hybridized carbons (Fsp3) is 0.222. The Morgan fingerprint density at radius 1 is 1.27 bits per heavy atom. The van der Waals surface area contributed by atoms with Crippen molar-refractivity contribution in [2.45, 2.75) is 13.8 Å². The molecule has 0 aliphatic heterocycles. The molecule has 0 aliphatic rings. The van der Waals surface area contributed by atoms with Gasteiger partial charge in [0.15, 0.2) is 11.0 Å². The Morgan fingerprint density at radius 2 is 2.00 bits per heavy atom. The summed E-state index contributed by atoms with van der Waals surface area (Å²) in [7, 11) is 0. The molecule has 2 rings (SSSR count). The molecule has 0 fully saturated rings. The lowest BCUT2D eigenvalue weighted by Crippen LogP contribution is -2.05. The standard InChI is InChI=1S/C9H10ClN5/c1-5-6(2)14-15(9(5)11)8-4-3-7(10)12-13-8/h3-4H,11H2,1-2H3. The monoisotopic (exact) mass is 223 g/mol. The van der Waals surface area contributed by atoms with Gasteiger partial charge in [-0.25, -0.2) is 0 Å². The maximum absolute atomic E-state index is 5.87. The van der Waals surface area contributed by atoms with Gasteiger partial charge in [0.25, 0.3) is 0 Å². The zero-order valence-electron chi connectivity index (χ0n) is 8.40. The Morgan fingerprint density at radius 3 is 2.47 bits per heavy atom. The van der Waals surface area contributed by atoms with E-state index >= 15 is 0 Å². The van der Waals surface area contributed by atoms with E-state index in [0.29, 0.717) is 16.8 Å². The number of aryl methyl sites for hydroxylation is 1. The lowest BCUT2D eigenvalue weighted by Gasteiger charge is -2.01. The summed E-state index contributed by atoms with van der Waals surface area (Å²) < 4.78 is 1.55. The molecule has 78 valence electrons. The lowest BCUT2D eigenvalue weighted by molar-refractivity contribution is 0.812. The Balaban J connectivity index is 2.54. The number of aromatic nitrogens is 4. The maximum atomic E-state index is 5.87. The molecule has 0 saturated carbocycles. The molecule has 0 aromatic carbocycles. The van der Waals surface area contributed by atoms with Gasteiger partial charge < -0.3 is 5.73 Å². The molecule has 2 aromatic rings. The zero-order valence-corrected chi connectivity index (χ0v) is 9.15. The largest absolute Gasteiger partial charge is 0.383 e. The van der Waals surface area contributed by atoms with Crippen LogP contribution in [0, 0.1) is 13.8 Å². The molecule has 15 heavy (non-hydrogen) atoms. The highest BCUT2D eigenvalue weighted by atomic mass is 35.5. The molecule has 0 amide bonds. The second-order valence-electron chi connectivity index (χ2n) is 3.22. The normalized spacial score (nSPS) is 10.6. The molecule has 0 radical (unpaired) electrons. The zero-order chi connectivity index (χ0) is 11.0. The number of nitrogens with two attached hydrogens (primary N) is 1. The molecule has 0 atom stereocenters. The Kier molecular flexibility index (Phi) is 2.32. The van der Waals surface area contributed by atoms with E-state index in [1.807, 2.05) is 13.8 Å². The van der Waals surface area contributed by atoms with Crippen molar-refractivity contribution in [3.63, 3.8) is 0 Å².